The Bertz CT molecular complexity index is 1120. The lowest BCUT2D eigenvalue weighted by atomic mass is 9.78. The van der Waals surface area contributed by atoms with E-state index in [1.807, 2.05) is 24.3 Å². The number of unbranched alkanes of at least 4 members (excludes halogenated alkanes) is 5. The third-order valence-corrected chi connectivity index (χ3v) is 7.71. The van der Waals surface area contributed by atoms with Crippen molar-refractivity contribution in [3.05, 3.63) is 69.8 Å². The van der Waals surface area contributed by atoms with E-state index >= 15 is 0 Å². The van der Waals surface area contributed by atoms with Gasteiger partial charge in [-0.15, -0.1) is 0 Å². The molecule has 0 radical (unpaired) electrons. The van der Waals surface area contributed by atoms with Crippen LogP contribution in [-0.4, -0.2) is 23.9 Å². The summed E-state index contributed by atoms with van der Waals surface area (Å²) in [6.07, 6.45) is 8.86. The van der Waals surface area contributed by atoms with Gasteiger partial charge in [-0.1, -0.05) is 78.4 Å². The number of carbonyl (C=O) groups excluding carboxylic acids is 4. The van der Waals surface area contributed by atoms with Crippen molar-refractivity contribution in [1.29, 1.82) is 0 Å². The third-order valence-electron chi connectivity index (χ3n) is 7.71. The molecule has 2 aliphatic heterocycles. The number of rotatable bonds is 11. The zero-order chi connectivity index (χ0) is 26.1. The zero-order valence-corrected chi connectivity index (χ0v) is 21.6. The Kier molecular flexibility index (Phi) is 7.17. The van der Waals surface area contributed by atoms with Crippen LogP contribution in [0.5, 0.6) is 0 Å². The molecular formula is C30H34O6. The molecule has 0 spiro atoms. The second-order valence-electron chi connectivity index (χ2n) is 11.3. The van der Waals surface area contributed by atoms with Crippen LogP contribution in [0.15, 0.2) is 36.4 Å². The first-order valence-electron chi connectivity index (χ1n) is 12.8. The number of hydrogen-bond donors (Lipinski definition) is 0. The fourth-order valence-corrected chi connectivity index (χ4v) is 5.14. The number of carbonyl (C=O) groups is 4. The highest BCUT2D eigenvalue weighted by atomic mass is 16.6. The highest BCUT2D eigenvalue weighted by molar-refractivity contribution is 6.15. The number of esters is 4. The molecule has 0 aliphatic carbocycles. The van der Waals surface area contributed by atoms with E-state index in [0.717, 1.165) is 49.7 Å². The Morgan fingerprint density at radius 2 is 0.833 bits per heavy atom. The summed E-state index contributed by atoms with van der Waals surface area (Å²) >= 11 is 0. The second kappa shape index (κ2) is 10.00. The Balaban J connectivity index is 1.17. The maximum Gasteiger partial charge on any atom is 0.346 e. The van der Waals surface area contributed by atoms with Gasteiger partial charge in [-0.05, 0) is 59.1 Å². The van der Waals surface area contributed by atoms with Crippen LogP contribution in [0.4, 0.5) is 0 Å². The summed E-state index contributed by atoms with van der Waals surface area (Å²) in [5.41, 5.74) is 3.41. The minimum Gasteiger partial charge on any atom is -0.386 e. The van der Waals surface area contributed by atoms with Crippen LogP contribution in [0.1, 0.15) is 132 Å². The standard InChI is InChI=1S/C30H34O6/c1-29(2,19-11-13-21-23(17-19)27(33)35-25(21)31)15-9-7-5-6-8-10-16-30(3,4)20-12-14-22-24(18-20)28(34)36-26(22)32/h11-14,17-18H,5-10,15-16H2,1-4H3. The van der Waals surface area contributed by atoms with E-state index in [4.69, 9.17) is 9.47 Å². The average molecular weight is 491 g/mol. The van der Waals surface area contributed by atoms with Gasteiger partial charge in [0, 0.05) is 0 Å². The summed E-state index contributed by atoms with van der Waals surface area (Å²) in [5, 5.41) is 0. The minimum atomic E-state index is -0.559. The maximum atomic E-state index is 11.9. The van der Waals surface area contributed by atoms with Crippen molar-refractivity contribution in [3.8, 4) is 0 Å². The molecule has 6 heteroatoms. The van der Waals surface area contributed by atoms with Crippen molar-refractivity contribution < 1.29 is 28.7 Å². The number of cyclic esters (lactones) is 4. The van der Waals surface area contributed by atoms with Gasteiger partial charge in [-0.25, -0.2) is 19.2 Å². The molecule has 0 fully saturated rings. The molecule has 2 heterocycles. The van der Waals surface area contributed by atoms with E-state index in [9.17, 15) is 19.2 Å². The molecule has 0 atom stereocenters. The van der Waals surface area contributed by atoms with E-state index in [-0.39, 0.29) is 10.8 Å². The summed E-state index contributed by atoms with van der Waals surface area (Å²) < 4.78 is 9.42. The first-order valence-corrected chi connectivity index (χ1v) is 12.8. The maximum absolute atomic E-state index is 11.9. The van der Waals surface area contributed by atoms with E-state index in [2.05, 4.69) is 27.7 Å². The number of hydrogen-bond acceptors (Lipinski definition) is 6. The van der Waals surface area contributed by atoms with Crippen molar-refractivity contribution in [3.63, 3.8) is 0 Å². The molecule has 0 N–H and O–H groups in total. The lowest BCUT2D eigenvalue weighted by Gasteiger charge is -2.26. The summed E-state index contributed by atoms with van der Waals surface area (Å²) in [7, 11) is 0. The molecule has 2 aliphatic rings. The largest absolute Gasteiger partial charge is 0.386 e. The van der Waals surface area contributed by atoms with Crippen LogP contribution in [0.2, 0.25) is 0 Å². The van der Waals surface area contributed by atoms with Crippen molar-refractivity contribution in [2.24, 2.45) is 0 Å². The first-order chi connectivity index (χ1) is 17.0. The van der Waals surface area contributed by atoms with Crippen molar-refractivity contribution in [2.45, 2.75) is 89.9 Å². The molecule has 4 rings (SSSR count). The monoisotopic (exact) mass is 490 g/mol. The van der Waals surface area contributed by atoms with E-state index in [1.165, 1.54) is 12.8 Å². The topological polar surface area (TPSA) is 86.7 Å². The number of fused-ring (bicyclic) bond motifs is 2. The Hall–Kier alpha value is -3.28. The summed E-state index contributed by atoms with van der Waals surface area (Å²) in [6, 6.07) is 10.9. The van der Waals surface area contributed by atoms with Crippen LogP contribution in [0.25, 0.3) is 0 Å². The zero-order valence-electron chi connectivity index (χ0n) is 21.6. The van der Waals surface area contributed by atoms with E-state index in [1.54, 1.807) is 12.1 Å². The van der Waals surface area contributed by atoms with Crippen molar-refractivity contribution >= 4 is 23.9 Å². The SMILES string of the molecule is CC(C)(CCCCCCCCC(C)(C)c1ccc2c(c1)C(=O)OC2=O)c1ccc2c(c1)C(=O)OC2=O. The predicted molar refractivity (Wildman–Crippen MR) is 135 cm³/mol. The smallest absolute Gasteiger partial charge is 0.346 e. The van der Waals surface area contributed by atoms with Gasteiger partial charge < -0.3 is 9.47 Å². The van der Waals surface area contributed by atoms with Gasteiger partial charge in [0.1, 0.15) is 0 Å². The lowest BCUT2D eigenvalue weighted by molar-refractivity contribution is 0.0425. The van der Waals surface area contributed by atoms with Gasteiger partial charge in [0.15, 0.2) is 0 Å². The van der Waals surface area contributed by atoms with Crippen LogP contribution >= 0.6 is 0 Å². The summed E-state index contributed by atoms with van der Waals surface area (Å²) in [4.78, 5) is 47.1. The summed E-state index contributed by atoms with van der Waals surface area (Å²) in [5.74, 6) is -2.22. The average Bonchev–Trinajstić information content (AvgIpc) is 3.29. The quantitative estimate of drug-likeness (QED) is 0.198. The third kappa shape index (κ3) is 5.28. The molecule has 0 saturated carbocycles. The molecule has 6 nitrogen and oxygen atoms in total. The summed E-state index contributed by atoms with van der Waals surface area (Å²) in [6.45, 7) is 8.70. The molecule has 2 aromatic rings. The van der Waals surface area contributed by atoms with Gasteiger partial charge in [0.25, 0.3) is 0 Å². The molecule has 190 valence electrons. The van der Waals surface area contributed by atoms with E-state index in [0.29, 0.717) is 22.3 Å². The van der Waals surface area contributed by atoms with Crippen LogP contribution < -0.4 is 0 Å². The molecule has 0 bridgehead atoms. The van der Waals surface area contributed by atoms with Gasteiger partial charge in [0.2, 0.25) is 0 Å². The minimum absolute atomic E-state index is 0.0854. The fraction of sp³-hybridized carbons (Fsp3) is 0.467. The van der Waals surface area contributed by atoms with Gasteiger partial charge >= 0.3 is 23.9 Å². The van der Waals surface area contributed by atoms with Gasteiger partial charge in [-0.2, -0.15) is 0 Å². The molecule has 0 saturated heterocycles. The molecule has 0 amide bonds. The Morgan fingerprint density at radius 3 is 1.22 bits per heavy atom. The highest BCUT2D eigenvalue weighted by Gasteiger charge is 2.33. The normalized spacial score (nSPS) is 15.1. The number of benzene rings is 2. The predicted octanol–water partition coefficient (Wildman–Crippen LogP) is 6.68. The molecule has 2 aromatic carbocycles. The molecule has 36 heavy (non-hydrogen) atoms. The lowest BCUT2D eigenvalue weighted by Crippen LogP contribution is -2.18. The second-order valence-corrected chi connectivity index (χ2v) is 11.3. The highest BCUT2D eigenvalue weighted by Crippen LogP contribution is 2.34. The van der Waals surface area contributed by atoms with Crippen LogP contribution in [-0.2, 0) is 20.3 Å². The van der Waals surface area contributed by atoms with Gasteiger partial charge in [-0.3, -0.25) is 0 Å². The fourth-order valence-electron chi connectivity index (χ4n) is 5.14. The molecule has 0 unspecified atom stereocenters. The molecular weight excluding hydrogens is 456 g/mol. The van der Waals surface area contributed by atoms with Crippen molar-refractivity contribution in [1.82, 2.24) is 0 Å². The van der Waals surface area contributed by atoms with E-state index < -0.39 is 23.9 Å². The Morgan fingerprint density at radius 1 is 0.500 bits per heavy atom. The molecule has 0 aromatic heterocycles. The Labute approximate surface area is 212 Å². The van der Waals surface area contributed by atoms with Crippen LogP contribution in [0.3, 0.4) is 0 Å². The number of ether oxygens (including phenoxy) is 2. The van der Waals surface area contributed by atoms with Gasteiger partial charge in [0.05, 0.1) is 22.3 Å². The van der Waals surface area contributed by atoms with Crippen molar-refractivity contribution in [2.75, 3.05) is 0 Å². The van der Waals surface area contributed by atoms with Crippen LogP contribution in [0, 0.1) is 0 Å². The first kappa shape index (κ1) is 25.8.